The maximum absolute atomic E-state index is 5.20. The zero-order chi connectivity index (χ0) is 20.5. The quantitative estimate of drug-likeness (QED) is 0.503. The van der Waals surface area contributed by atoms with E-state index in [2.05, 4.69) is 98.8 Å². The van der Waals surface area contributed by atoms with Crippen LogP contribution in [0.15, 0.2) is 107 Å². The lowest BCUT2D eigenvalue weighted by Gasteiger charge is -2.10. The Kier molecular flexibility index (Phi) is 4.61. The normalized spacial score (nSPS) is 18.6. The van der Waals surface area contributed by atoms with Gasteiger partial charge in [0.15, 0.2) is 0 Å². The molecule has 0 unspecified atom stereocenters. The third kappa shape index (κ3) is 3.37. The Morgan fingerprint density at radius 2 is 0.867 bits per heavy atom. The highest BCUT2D eigenvalue weighted by atomic mass is 14.8. The smallest absolute Gasteiger partial charge is 0.0803 e. The first-order valence-corrected chi connectivity index (χ1v) is 10.2. The highest BCUT2D eigenvalue weighted by molar-refractivity contribution is 5.68. The molecule has 0 bridgehead atoms. The lowest BCUT2D eigenvalue weighted by Crippen LogP contribution is -2.35. The minimum Gasteiger partial charge on any atom is -0.247 e. The SMILES string of the molecule is Cc1ccc2/c(c1)=C(c1ccccc1)\N=c1/ccc(C)c/c1=C(c1ccccc1)/N=2. The van der Waals surface area contributed by atoms with E-state index in [9.17, 15) is 0 Å². The zero-order valence-corrected chi connectivity index (χ0v) is 17.1. The van der Waals surface area contributed by atoms with Crippen LogP contribution in [0.25, 0.3) is 11.4 Å². The Bertz CT molecular complexity index is 1370. The van der Waals surface area contributed by atoms with Crippen LogP contribution >= 0.6 is 0 Å². The van der Waals surface area contributed by atoms with Gasteiger partial charge >= 0.3 is 0 Å². The highest BCUT2D eigenvalue weighted by Gasteiger charge is 2.10. The van der Waals surface area contributed by atoms with Crippen molar-refractivity contribution in [3.05, 3.63) is 140 Å². The summed E-state index contributed by atoms with van der Waals surface area (Å²) in [5, 5.41) is 3.99. The summed E-state index contributed by atoms with van der Waals surface area (Å²) in [6.45, 7) is 4.22. The number of rotatable bonds is 2. The first-order chi connectivity index (χ1) is 14.7. The topological polar surface area (TPSA) is 24.7 Å². The highest BCUT2D eigenvalue weighted by Crippen LogP contribution is 2.14. The van der Waals surface area contributed by atoms with Gasteiger partial charge < -0.3 is 0 Å². The largest absolute Gasteiger partial charge is 0.247 e. The van der Waals surface area contributed by atoms with Crippen molar-refractivity contribution in [2.45, 2.75) is 13.8 Å². The molecule has 5 rings (SSSR count). The number of fused-ring (bicyclic) bond motifs is 2. The monoisotopic (exact) mass is 386 g/mol. The van der Waals surface area contributed by atoms with Crippen LogP contribution in [0.2, 0.25) is 0 Å². The van der Waals surface area contributed by atoms with Crippen LogP contribution in [0.3, 0.4) is 0 Å². The maximum Gasteiger partial charge on any atom is 0.0803 e. The standard InChI is InChI=1S/C28H22N2/c1-19-13-15-25-23(17-19)27(21-9-5-3-6-10-21)30-26-16-14-20(2)18-24(26)28(29-25)22-11-7-4-8-12-22/h3-18H,1-2H3/b27-23-,28-24-,29-25+,29-28?,30-26+,30-27?. The van der Waals surface area contributed by atoms with Crippen molar-refractivity contribution in [2.75, 3.05) is 0 Å². The molecule has 1 heterocycles. The minimum absolute atomic E-state index is 0.939. The fourth-order valence-corrected chi connectivity index (χ4v) is 3.87. The fraction of sp³-hybridized carbons (Fsp3) is 0.0714. The lowest BCUT2D eigenvalue weighted by molar-refractivity contribution is 1.18. The molecule has 0 N–H and O–H groups in total. The van der Waals surface area contributed by atoms with E-state index in [0.29, 0.717) is 0 Å². The van der Waals surface area contributed by atoms with Gasteiger partial charge in [0.25, 0.3) is 0 Å². The summed E-state index contributed by atoms with van der Waals surface area (Å²) in [6, 6.07) is 33.6. The van der Waals surface area contributed by atoms with Crippen molar-refractivity contribution in [1.82, 2.24) is 0 Å². The van der Waals surface area contributed by atoms with Gasteiger partial charge in [-0.3, -0.25) is 0 Å². The van der Waals surface area contributed by atoms with Crippen molar-refractivity contribution < 1.29 is 0 Å². The van der Waals surface area contributed by atoms with Gasteiger partial charge in [-0.2, -0.15) is 0 Å². The average Bonchev–Trinajstić information content (AvgIpc) is 2.77. The Balaban J connectivity index is 2.01. The van der Waals surface area contributed by atoms with Crippen LogP contribution < -0.4 is 21.2 Å². The zero-order valence-electron chi connectivity index (χ0n) is 17.1. The fourth-order valence-electron chi connectivity index (χ4n) is 3.87. The minimum atomic E-state index is 0.939. The molecule has 0 atom stereocenters. The Morgan fingerprint density at radius 3 is 1.27 bits per heavy atom. The molecule has 4 aromatic rings. The van der Waals surface area contributed by atoms with Gasteiger partial charge in [-0.15, -0.1) is 0 Å². The number of benzene rings is 4. The predicted octanol–water partition coefficient (Wildman–Crippen LogP) is 3.57. The van der Waals surface area contributed by atoms with Gasteiger partial charge in [0.05, 0.1) is 22.1 Å². The predicted molar refractivity (Wildman–Crippen MR) is 122 cm³/mol. The molecule has 0 amide bonds. The Hall–Kier alpha value is -3.78. The van der Waals surface area contributed by atoms with E-state index in [1.54, 1.807) is 0 Å². The third-order valence-corrected chi connectivity index (χ3v) is 5.37. The van der Waals surface area contributed by atoms with E-state index in [4.69, 9.17) is 9.98 Å². The van der Waals surface area contributed by atoms with Crippen LogP contribution in [0.1, 0.15) is 22.3 Å². The van der Waals surface area contributed by atoms with E-state index < -0.39 is 0 Å². The summed E-state index contributed by atoms with van der Waals surface area (Å²) in [6.07, 6.45) is 0. The van der Waals surface area contributed by atoms with Gasteiger partial charge in [-0.25, -0.2) is 9.98 Å². The Morgan fingerprint density at radius 1 is 0.467 bits per heavy atom. The molecule has 0 fully saturated rings. The molecule has 0 spiro atoms. The summed E-state index contributed by atoms with van der Waals surface area (Å²) in [5.74, 6) is 0. The summed E-state index contributed by atoms with van der Waals surface area (Å²) in [7, 11) is 0. The first kappa shape index (κ1) is 18.3. The average molecular weight is 386 g/mol. The lowest BCUT2D eigenvalue weighted by atomic mass is 10.0. The molecule has 2 nitrogen and oxygen atoms in total. The van der Waals surface area contributed by atoms with Crippen LogP contribution in [0, 0.1) is 13.8 Å². The van der Waals surface area contributed by atoms with Crippen molar-refractivity contribution in [2.24, 2.45) is 9.98 Å². The van der Waals surface area contributed by atoms with Crippen molar-refractivity contribution in [3.63, 3.8) is 0 Å². The Labute approximate surface area is 175 Å². The van der Waals surface area contributed by atoms with Gasteiger partial charge in [-0.1, -0.05) is 83.9 Å². The molecule has 0 saturated heterocycles. The van der Waals surface area contributed by atoms with Crippen LogP contribution in [-0.2, 0) is 0 Å². The molecule has 0 aliphatic carbocycles. The van der Waals surface area contributed by atoms with Crippen molar-refractivity contribution in [1.29, 1.82) is 0 Å². The molecule has 144 valence electrons. The molecular formula is C28H22N2. The molecule has 0 saturated carbocycles. The van der Waals surface area contributed by atoms with E-state index in [1.165, 1.54) is 11.1 Å². The second-order valence-corrected chi connectivity index (χ2v) is 7.69. The molecule has 1 aliphatic heterocycles. The number of hydrogen-bond acceptors (Lipinski definition) is 2. The summed E-state index contributed by atoms with van der Waals surface area (Å²) >= 11 is 0. The molecule has 0 radical (unpaired) electrons. The van der Waals surface area contributed by atoms with Crippen LogP contribution in [0.5, 0.6) is 0 Å². The number of nitrogens with zero attached hydrogens (tertiary/aromatic N) is 2. The van der Waals surface area contributed by atoms with Gasteiger partial charge in [0, 0.05) is 21.6 Å². The number of hydrogen-bond donors (Lipinski definition) is 0. The van der Waals surface area contributed by atoms with Gasteiger partial charge in [0.2, 0.25) is 0 Å². The van der Waals surface area contributed by atoms with Crippen molar-refractivity contribution >= 4 is 11.4 Å². The summed E-state index contributed by atoms with van der Waals surface area (Å²) < 4.78 is 0. The van der Waals surface area contributed by atoms with Crippen LogP contribution in [0.4, 0.5) is 0 Å². The van der Waals surface area contributed by atoms with E-state index in [0.717, 1.165) is 43.7 Å². The molecule has 4 aromatic carbocycles. The van der Waals surface area contributed by atoms with E-state index in [-0.39, 0.29) is 0 Å². The van der Waals surface area contributed by atoms with Gasteiger partial charge in [0.1, 0.15) is 0 Å². The molecule has 30 heavy (non-hydrogen) atoms. The van der Waals surface area contributed by atoms with Crippen LogP contribution in [-0.4, -0.2) is 0 Å². The third-order valence-electron chi connectivity index (χ3n) is 5.37. The van der Waals surface area contributed by atoms with Crippen molar-refractivity contribution in [3.8, 4) is 0 Å². The van der Waals surface area contributed by atoms with E-state index >= 15 is 0 Å². The summed E-state index contributed by atoms with van der Waals surface area (Å²) in [5.41, 5.74) is 6.48. The molecule has 2 heteroatoms. The first-order valence-electron chi connectivity index (χ1n) is 10.2. The maximum atomic E-state index is 5.20. The molecular weight excluding hydrogens is 364 g/mol. The molecule has 1 aliphatic rings. The summed E-state index contributed by atoms with van der Waals surface area (Å²) in [4.78, 5) is 10.4. The van der Waals surface area contributed by atoms with Gasteiger partial charge in [-0.05, 0) is 38.1 Å². The second-order valence-electron chi connectivity index (χ2n) is 7.69. The number of aryl methyl sites for hydroxylation is 2. The second kappa shape index (κ2) is 7.57. The molecule has 0 aromatic heterocycles. The van der Waals surface area contributed by atoms with E-state index in [1.807, 2.05) is 12.1 Å².